The van der Waals surface area contributed by atoms with Crippen molar-refractivity contribution >= 4 is 40.7 Å². The summed E-state index contributed by atoms with van der Waals surface area (Å²) in [6.45, 7) is 0.885. The Kier molecular flexibility index (Phi) is 5.86. The number of rotatable bonds is 5. The molecule has 0 aliphatic carbocycles. The van der Waals surface area contributed by atoms with E-state index in [1.54, 1.807) is 24.4 Å². The molecule has 0 fully saturated rings. The van der Waals surface area contributed by atoms with Crippen LogP contribution in [0.25, 0.3) is 5.69 Å². The highest BCUT2D eigenvalue weighted by Gasteiger charge is 2.23. The van der Waals surface area contributed by atoms with Crippen molar-refractivity contribution in [2.24, 2.45) is 0 Å². The molecule has 0 unspecified atom stereocenters. The molecular formula is C18H13ClFN3O4S. The molecule has 2 aromatic heterocycles. The lowest BCUT2D eigenvalue weighted by Crippen LogP contribution is -2.33. The van der Waals surface area contributed by atoms with E-state index in [1.807, 2.05) is 0 Å². The lowest BCUT2D eigenvalue weighted by Gasteiger charge is -2.06. The molecule has 0 aliphatic heterocycles. The Bertz CT molecular complexity index is 1030. The number of imide groups is 1. The molecule has 0 spiro atoms. The fraction of sp³-hybridized carbons (Fsp3) is 0.111. The molecule has 1 N–H and O–H groups in total. The number of esters is 1. The largest absolute Gasteiger partial charge is 0.452 e. The third-order valence-electron chi connectivity index (χ3n) is 3.61. The zero-order valence-corrected chi connectivity index (χ0v) is 16.0. The number of amides is 2. The van der Waals surface area contributed by atoms with Crippen LogP contribution in [0.15, 0.2) is 41.8 Å². The van der Waals surface area contributed by atoms with Gasteiger partial charge in [-0.3, -0.25) is 14.9 Å². The molecule has 3 aromatic rings. The normalized spacial score (nSPS) is 10.5. The second kappa shape index (κ2) is 8.32. The van der Waals surface area contributed by atoms with Crippen LogP contribution >= 0.6 is 22.9 Å². The standard InChI is InChI=1S/C18H13ClFN3O4S/c1-10-15(16(19)23(22-10)12-6-4-11(20)5-7-12)18(26)27-9-14(24)21-17(25)13-3-2-8-28-13/h2-8H,9H2,1H3,(H,21,24,25). The zero-order chi connectivity index (χ0) is 20.3. The average molecular weight is 422 g/mol. The molecule has 0 atom stereocenters. The number of aryl methyl sites for hydroxylation is 1. The summed E-state index contributed by atoms with van der Waals surface area (Å²) in [4.78, 5) is 36.3. The molecule has 0 aliphatic rings. The lowest BCUT2D eigenvalue weighted by molar-refractivity contribution is -0.123. The maximum Gasteiger partial charge on any atom is 0.343 e. The van der Waals surface area contributed by atoms with Crippen molar-refractivity contribution in [3.05, 3.63) is 68.9 Å². The van der Waals surface area contributed by atoms with Crippen LogP contribution in [-0.4, -0.2) is 34.2 Å². The van der Waals surface area contributed by atoms with Crippen molar-refractivity contribution < 1.29 is 23.5 Å². The third-order valence-corrected chi connectivity index (χ3v) is 4.83. The summed E-state index contributed by atoms with van der Waals surface area (Å²) in [5.74, 6) is -2.64. The first kappa shape index (κ1) is 19.7. The van der Waals surface area contributed by atoms with Gasteiger partial charge in [0, 0.05) is 0 Å². The SMILES string of the molecule is Cc1nn(-c2ccc(F)cc2)c(Cl)c1C(=O)OCC(=O)NC(=O)c1cccs1. The summed E-state index contributed by atoms with van der Waals surface area (Å²) in [6, 6.07) is 8.60. The summed E-state index contributed by atoms with van der Waals surface area (Å²) in [7, 11) is 0. The van der Waals surface area contributed by atoms with Crippen molar-refractivity contribution in [2.45, 2.75) is 6.92 Å². The number of nitrogens with one attached hydrogen (secondary N) is 1. The van der Waals surface area contributed by atoms with Gasteiger partial charge >= 0.3 is 5.97 Å². The van der Waals surface area contributed by atoms with Crippen molar-refractivity contribution in [2.75, 3.05) is 6.61 Å². The summed E-state index contributed by atoms with van der Waals surface area (Å²) >= 11 is 7.39. The number of halogens is 2. The van der Waals surface area contributed by atoms with Crippen molar-refractivity contribution in [3.63, 3.8) is 0 Å². The molecule has 0 saturated heterocycles. The Labute approximate surface area is 167 Å². The predicted octanol–water partition coefficient (Wildman–Crippen LogP) is 3.15. The van der Waals surface area contributed by atoms with Gasteiger partial charge in [-0.1, -0.05) is 17.7 Å². The van der Waals surface area contributed by atoms with Crippen LogP contribution in [0, 0.1) is 12.7 Å². The van der Waals surface area contributed by atoms with Gasteiger partial charge in [-0.15, -0.1) is 11.3 Å². The minimum atomic E-state index is -0.866. The zero-order valence-electron chi connectivity index (χ0n) is 14.4. The number of carbonyl (C=O) groups is 3. The molecule has 10 heteroatoms. The minimum Gasteiger partial charge on any atom is -0.452 e. The maximum atomic E-state index is 13.1. The Morgan fingerprint density at radius 2 is 1.96 bits per heavy atom. The van der Waals surface area contributed by atoms with Gasteiger partial charge in [0.2, 0.25) is 0 Å². The van der Waals surface area contributed by atoms with Crippen LogP contribution in [-0.2, 0) is 9.53 Å². The number of hydrogen-bond donors (Lipinski definition) is 1. The fourth-order valence-corrected chi connectivity index (χ4v) is 3.29. The van der Waals surface area contributed by atoms with Gasteiger partial charge < -0.3 is 4.74 Å². The Morgan fingerprint density at radius 1 is 1.25 bits per heavy atom. The van der Waals surface area contributed by atoms with E-state index in [9.17, 15) is 18.8 Å². The first-order valence-electron chi connectivity index (χ1n) is 7.92. The number of thiophene rings is 1. The number of benzene rings is 1. The summed E-state index contributed by atoms with van der Waals surface area (Å²) < 4.78 is 19.3. The molecule has 1 aromatic carbocycles. The molecule has 3 rings (SSSR count). The molecule has 7 nitrogen and oxygen atoms in total. The highest BCUT2D eigenvalue weighted by atomic mass is 35.5. The second-order valence-corrected chi connectivity index (χ2v) is 6.88. The van der Waals surface area contributed by atoms with Crippen molar-refractivity contribution in [1.29, 1.82) is 0 Å². The van der Waals surface area contributed by atoms with Crippen LogP contribution in [0.3, 0.4) is 0 Å². The van der Waals surface area contributed by atoms with E-state index in [1.165, 1.54) is 40.3 Å². The van der Waals surface area contributed by atoms with E-state index in [4.69, 9.17) is 16.3 Å². The van der Waals surface area contributed by atoms with Crippen LogP contribution in [0.5, 0.6) is 0 Å². The molecule has 144 valence electrons. The smallest absolute Gasteiger partial charge is 0.343 e. The Hall–Kier alpha value is -3.04. The Balaban J connectivity index is 1.67. The Morgan fingerprint density at radius 3 is 2.61 bits per heavy atom. The molecule has 0 saturated carbocycles. The van der Waals surface area contributed by atoms with Crippen LogP contribution in [0.4, 0.5) is 4.39 Å². The van der Waals surface area contributed by atoms with Crippen LogP contribution < -0.4 is 5.32 Å². The molecule has 0 radical (unpaired) electrons. The van der Waals surface area contributed by atoms with Gasteiger partial charge in [0.15, 0.2) is 6.61 Å². The van der Waals surface area contributed by atoms with E-state index in [2.05, 4.69) is 10.4 Å². The van der Waals surface area contributed by atoms with E-state index >= 15 is 0 Å². The molecular weight excluding hydrogens is 409 g/mol. The van der Waals surface area contributed by atoms with E-state index < -0.39 is 30.2 Å². The van der Waals surface area contributed by atoms with Gasteiger partial charge in [-0.2, -0.15) is 5.10 Å². The van der Waals surface area contributed by atoms with Gasteiger partial charge in [-0.05, 0) is 42.6 Å². The minimum absolute atomic E-state index is 0.0247. The molecule has 0 bridgehead atoms. The number of carbonyl (C=O) groups excluding carboxylic acids is 3. The summed E-state index contributed by atoms with van der Waals surface area (Å²) in [5, 5.41) is 7.93. The number of hydrogen-bond acceptors (Lipinski definition) is 6. The average Bonchev–Trinajstić information content (AvgIpc) is 3.29. The predicted molar refractivity (Wildman–Crippen MR) is 100 cm³/mol. The highest BCUT2D eigenvalue weighted by molar-refractivity contribution is 7.12. The summed E-state index contributed by atoms with van der Waals surface area (Å²) in [5.41, 5.74) is 0.700. The monoisotopic (exact) mass is 421 g/mol. The first-order valence-corrected chi connectivity index (χ1v) is 9.18. The van der Waals surface area contributed by atoms with E-state index in [0.717, 1.165) is 0 Å². The maximum absolute atomic E-state index is 13.1. The summed E-state index contributed by atoms with van der Waals surface area (Å²) in [6.07, 6.45) is 0. The van der Waals surface area contributed by atoms with Crippen molar-refractivity contribution in [1.82, 2.24) is 15.1 Å². The third kappa shape index (κ3) is 4.26. The molecule has 28 heavy (non-hydrogen) atoms. The van der Waals surface area contributed by atoms with Crippen LogP contribution in [0.2, 0.25) is 5.15 Å². The van der Waals surface area contributed by atoms with Gasteiger partial charge in [-0.25, -0.2) is 13.9 Å². The topological polar surface area (TPSA) is 90.3 Å². The number of aromatic nitrogens is 2. The van der Waals surface area contributed by atoms with E-state index in [0.29, 0.717) is 10.6 Å². The van der Waals surface area contributed by atoms with Gasteiger partial charge in [0.05, 0.1) is 16.3 Å². The van der Waals surface area contributed by atoms with Gasteiger partial charge in [0.25, 0.3) is 11.8 Å². The van der Waals surface area contributed by atoms with Crippen molar-refractivity contribution in [3.8, 4) is 5.69 Å². The second-order valence-electron chi connectivity index (χ2n) is 5.57. The molecule has 2 heterocycles. The molecule has 2 amide bonds. The fourth-order valence-electron chi connectivity index (χ4n) is 2.32. The quantitative estimate of drug-likeness (QED) is 0.639. The number of nitrogens with zero attached hydrogens (tertiary/aromatic N) is 2. The highest BCUT2D eigenvalue weighted by Crippen LogP contribution is 2.24. The van der Waals surface area contributed by atoms with Crippen LogP contribution in [0.1, 0.15) is 25.7 Å². The lowest BCUT2D eigenvalue weighted by atomic mass is 10.2. The first-order chi connectivity index (χ1) is 13.4. The van der Waals surface area contributed by atoms with E-state index in [-0.39, 0.29) is 16.4 Å². The van der Waals surface area contributed by atoms with Gasteiger partial charge in [0.1, 0.15) is 16.5 Å². The number of ether oxygens (including phenoxy) is 1.